The fraction of sp³-hybridized carbons (Fsp3) is 0.692. The predicted octanol–water partition coefficient (Wildman–Crippen LogP) is 2.51. The maximum Gasteiger partial charge on any atom is 0.266 e. The molecule has 0 radical (unpaired) electrons. The predicted molar refractivity (Wildman–Crippen MR) is 72.5 cm³/mol. The topological polar surface area (TPSA) is 34.9 Å². The summed E-state index contributed by atoms with van der Waals surface area (Å²) >= 11 is 4.52. The largest absolute Gasteiger partial charge is 0.268 e. The molecule has 0 aromatic carbocycles. The molecule has 1 heterocycles. The van der Waals surface area contributed by atoms with Crippen molar-refractivity contribution in [2.75, 3.05) is 5.75 Å². The Morgan fingerprint density at radius 3 is 2.59 bits per heavy atom. The Hall–Kier alpha value is -0.770. The fourth-order valence-corrected chi connectivity index (χ4v) is 3.08. The first-order chi connectivity index (χ1) is 8.26. The van der Waals surface area contributed by atoms with Gasteiger partial charge in [-0.2, -0.15) is 17.7 Å². The molecule has 1 aromatic heterocycles. The molecule has 1 saturated carbocycles. The smallest absolute Gasteiger partial charge is 0.266 e. The number of hydrogen-bond acceptors (Lipinski definition) is 3. The number of thiol groups is 1. The molecule has 0 N–H and O–H groups in total. The summed E-state index contributed by atoms with van der Waals surface area (Å²) in [6.45, 7) is 0.718. The van der Waals surface area contributed by atoms with Gasteiger partial charge < -0.3 is 0 Å². The third-order valence-corrected chi connectivity index (χ3v) is 4.44. The van der Waals surface area contributed by atoms with E-state index in [-0.39, 0.29) is 11.0 Å². The molecule has 0 atom stereocenters. The van der Waals surface area contributed by atoms with Crippen molar-refractivity contribution in [3.8, 4) is 0 Å². The molecule has 0 aliphatic heterocycles. The normalized spacial score (nSPS) is 19.8. The van der Waals surface area contributed by atoms with Gasteiger partial charge in [-0.3, -0.25) is 4.79 Å². The number of rotatable bonds is 3. The van der Waals surface area contributed by atoms with E-state index in [9.17, 15) is 4.79 Å². The zero-order valence-corrected chi connectivity index (χ0v) is 11.0. The van der Waals surface area contributed by atoms with Crippen LogP contribution < -0.4 is 5.56 Å². The first kappa shape index (κ1) is 12.7. The first-order valence-electron chi connectivity index (χ1n) is 6.39. The minimum Gasteiger partial charge on any atom is -0.268 e. The molecule has 0 bridgehead atoms. The summed E-state index contributed by atoms with van der Waals surface area (Å²) < 4.78 is 1.60. The van der Waals surface area contributed by atoms with Crippen LogP contribution in [0, 0.1) is 5.41 Å². The van der Waals surface area contributed by atoms with Crippen molar-refractivity contribution in [3.05, 3.63) is 28.7 Å². The van der Waals surface area contributed by atoms with Crippen LogP contribution >= 0.6 is 12.6 Å². The molecular formula is C13H20N2OS. The van der Waals surface area contributed by atoms with Gasteiger partial charge in [-0.15, -0.1) is 0 Å². The minimum atomic E-state index is -0.00194. The Morgan fingerprint density at radius 1 is 1.29 bits per heavy atom. The lowest BCUT2D eigenvalue weighted by atomic mass is 9.82. The van der Waals surface area contributed by atoms with E-state index >= 15 is 0 Å². The van der Waals surface area contributed by atoms with E-state index in [1.165, 1.54) is 38.5 Å². The fourth-order valence-electron chi connectivity index (χ4n) is 2.67. The van der Waals surface area contributed by atoms with Gasteiger partial charge >= 0.3 is 0 Å². The maximum atomic E-state index is 11.7. The molecule has 3 nitrogen and oxygen atoms in total. The van der Waals surface area contributed by atoms with Crippen LogP contribution in [0.1, 0.15) is 38.5 Å². The molecule has 0 spiro atoms. The Bertz CT molecular complexity index is 408. The molecule has 94 valence electrons. The summed E-state index contributed by atoms with van der Waals surface area (Å²) in [5, 5.41) is 4.17. The van der Waals surface area contributed by atoms with E-state index in [4.69, 9.17) is 0 Å². The summed E-state index contributed by atoms with van der Waals surface area (Å²) in [7, 11) is 0. The van der Waals surface area contributed by atoms with Crippen LogP contribution in [0.2, 0.25) is 0 Å². The highest BCUT2D eigenvalue weighted by atomic mass is 32.1. The van der Waals surface area contributed by atoms with Crippen LogP contribution in [0.4, 0.5) is 0 Å². The quantitative estimate of drug-likeness (QED) is 0.662. The van der Waals surface area contributed by atoms with Crippen molar-refractivity contribution in [2.24, 2.45) is 5.41 Å². The van der Waals surface area contributed by atoms with Gasteiger partial charge in [0.05, 0.1) is 6.54 Å². The van der Waals surface area contributed by atoms with Crippen LogP contribution in [-0.4, -0.2) is 15.5 Å². The zero-order chi connectivity index (χ0) is 12.1. The standard InChI is InChI=1S/C13H20N2OS/c16-12-6-5-9-14-15(12)10-13(11-17)7-3-1-2-4-8-13/h5-6,9,17H,1-4,7-8,10-11H2. The highest BCUT2D eigenvalue weighted by Gasteiger charge is 2.30. The molecule has 2 rings (SSSR count). The van der Waals surface area contributed by atoms with Gasteiger partial charge in [0.25, 0.3) is 5.56 Å². The Morgan fingerprint density at radius 2 is 2.00 bits per heavy atom. The van der Waals surface area contributed by atoms with E-state index in [2.05, 4.69) is 17.7 Å². The third-order valence-electron chi connectivity index (χ3n) is 3.77. The van der Waals surface area contributed by atoms with Gasteiger partial charge in [-0.25, -0.2) is 4.68 Å². The maximum absolute atomic E-state index is 11.7. The Labute approximate surface area is 108 Å². The first-order valence-corrected chi connectivity index (χ1v) is 7.02. The van der Waals surface area contributed by atoms with E-state index < -0.39 is 0 Å². The van der Waals surface area contributed by atoms with Crippen molar-refractivity contribution in [1.29, 1.82) is 0 Å². The van der Waals surface area contributed by atoms with Gasteiger partial charge in [0, 0.05) is 12.3 Å². The minimum absolute atomic E-state index is 0.00194. The monoisotopic (exact) mass is 252 g/mol. The number of nitrogens with zero attached hydrogens (tertiary/aromatic N) is 2. The second kappa shape index (κ2) is 5.71. The molecule has 1 aliphatic carbocycles. The van der Waals surface area contributed by atoms with Crippen molar-refractivity contribution in [3.63, 3.8) is 0 Å². The molecule has 0 amide bonds. The van der Waals surface area contributed by atoms with Crippen LogP contribution in [0.3, 0.4) is 0 Å². The van der Waals surface area contributed by atoms with Crippen LogP contribution in [0.15, 0.2) is 23.1 Å². The van der Waals surface area contributed by atoms with Crippen molar-refractivity contribution < 1.29 is 0 Å². The van der Waals surface area contributed by atoms with Gasteiger partial charge in [0.2, 0.25) is 0 Å². The third kappa shape index (κ3) is 3.12. The summed E-state index contributed by atoms with van der Waals surface area (Å²) in [6, 6.07) is 3.27. The summed E-state index contributed by atoms with van der Waals surface area (Å²) in [5.41, 5.74) is 0.163. The second-order valence-electron chi connectivity index (χ2n) is 5.09. The van der Waals surface area contributed by atoms with Crippen LogP contribution in [0.5, 0.6) is 0 Å². The summed E-state index contributed by atoms with van der Waals surface area (Å²) in [6.07, 6.45) is 9.15. The lowest BCUT2D eigenvalue weighted by molar-refractivity contribution is 0.226. The lowest BCUT2D eigenvalue weighted by Gasteiger charge is -2.31. The lowest BCUT2D eigenvalue weighted by Crippen LogP contribution is -2.34. The number of hydrogen-bond donors (Lipinski definition) is 1. The molecule has 1 aliphatic rings. The molecule has 1 fully saturated rings. The van der Waals surface area contributed by atoms with E-state index in [0.717, 1.165) is 12.3 Å². The van der Waals surface area contributed by atoms with E-state index in [1.807, 2.05) is 0 Å². The molecule has 1 aromatic rings. The second-order valence-corrected chi connectivity index (χ2v) is 5.41. The van der Waals surface area contributed by atoms with Crippen molar-refractivity contribution >= 4 is 12.6 Å². The average Bonchev–Trinajstić information content (AvgIpc) is 2.58. The van der Waals surface area contributed by atoms with Crippen LogP contribution in [-0.2, 0) is 6.54 Å². The molecular weight excluding hydrogens is 232 g/mol. The van der Waals surface area contributed by atoms with Gasteiger partial charge in [0.15, 0.2) is 0 Å². The van der Waals surface area contributed by atoms with Crippen molar-refractivity contribution in [1.82, 2.24) is 9.78 Å². The molecule has 4 heteroatoms. The summed E-state index contributed by atoms with van der Waals surface area (Å²) in [4.78, 5) is 11.7. The Balaban J connectivity index is 2.18. The molecule has 17 heavy (non-hydrogen) atoms. The molecule has 0 unspecified atom stereocenters. The van der Waals surface area contributed by atoms with E-state index in [0.29, 0.717) is 0 Å². The highest BCUT2D eigenvalue weighted by Crippen LogP contribution is 2.37. The molecule has 0 saturated heterocycles. The van der Waals surface area contributed by atoms with Gasteiger partial charge in [-0.05, 0) is 30.1 Å². The summed E-state index contributed by atoms with van der Waals surface area (Å²) in [5.74, 6) is 0.843. The SMILES string of the molecule is O=c1cccnn1CC1(CS)CCCCCC1. The van der Waals surface area contributed by atoms with Gasteiger partial charge in [-0.1, -0.05) is 25.7 Å². The highest BCUT2D eigenvalue weighted by molar-refractivity contribution is 7.80. The van der Waals surface area contributed by atoms with Crippen molar-refractivity contribution in [2.45, 2.75) is 45.1 Å². The zero-order valence-electron chi connectivity index (χ0n) is 10.1. The Kier molecular flexibility index (Phi) is 4.26. The van der Waals surface area contributed by atoms with Gasteiger partial charge in [0.1, 0.15) is 0 Å². The van der Waals surface area contributed by atoms with E-state index in [1.54, 1.807) is 23.0 Å². The average molecular weight is 252 g/mol. The number of aromatic nitrogens is 2. The van der Waals surface area contributed by atoms with Crippen LogP contribution in [0.25, 0.3) is 0 Å².